The Hall–Kier alpha value is -2.10. The van der Waals surface area contributed by atoms with E-state index in [1.165, 1.54) is 10.6 Å². The van der Waals surface area contributed by atoms with Crippen LogP contribution in [0.1, 0.15) is 10.4 Å². The predicted octanol–water partition coefficient (Wildman–Crippen LogP) is 1.24. The Morgan fingerprint density at radius 2 is 2.07 bits per heavy atom. The fourth-order valence-electron chi connectivity index (χ4n) is 1.56. The monoisotopic (exact) mass is 203 g/mol. The smallest absolute Gasteiger partial charge is 0.336 e. The van der Waals surface area contributed by atoms with Gasteiger partial charge in [-0.05, 0) is 17.5 Å². The van der Waals surface area contributed by atoms with Gasteiger partial charge in [0.05, 0.1) is 10.9 Å². The number of carbonyl (C=O) groups is 1. The maximum atomic E-state index is 11.8. The molecule has 4 heteroatoms. The van der Waals surface area contributed by atoms with E-state index in [1.807, 2.05) is 0 Å². The molecule has 0 aliphatic carbocycles. The van der Waals surface area contributed by atoms with Crippen molar-refractivity contribution in [2.45, 2.75) is 0 Å². The van der Waals surface area contributed by atoms with Crippen molar-refractivity contribution < 1.29 is 9.90 Å². The van der Waals surface area contributed by atoms with E-state index in [0.29, 0.717) is 5.39 Å². The van der Waals surface area contributed by atoms with Gasteiger partial charge in [0.2, 0.25) is 0 Å². The summed E-state index contributed by atoms with van der Waals surface area (Å²) in [6.45, 7) is 0. The van der Waals surface area contributed by atoms with Crippen LogP contribution in [0.25, 0.3) is 10.8 Å². The molecule has 0 aliphatic heterocycles. The molecule has 0 spiro atoms. The van der Waals surface area contributed by atoms with Crippen LogP contribution in [0, 0.1) is 0 Å². The van der Waals surface area contributed by atoms with Crippen LogP contribution in [-0.4, -0.2) is 15.6 Å². The van der Waals surface area contributed by atoms with Gasteiger partial charge in [-0.25, -0.2) is 4.79 Å². The first-order valence-corrected chi connectivity index (χ1v) is 4.43. The quantitative estimate of drug-likeness (QED) is 0.758. The van der Waals surface area contributed by atoms with Crippen LogP contribution in [0.4, 0.5) is 0 Å². The highest BCUT2D eigenvalue weighted by Gasteiger charge is 2.11. The zero-order valence-electron chi connectivity index (χ0n) is 8.10. The van der Waals surface area contributed by atoms with E-state index in [-0.39, 0.29) is 16.5 Å². The molecule has 0 aliphatic rings. The van der Waals surface area contributed by atoms with Crippen LogP contribution in [-0.2, 0) is 7.05 Å². The summed E-state index contributed by atoms with van der Waals surface area (Å²) in [7, 11) is 1.60. The summed E-state index contributed by atoms with van der Waals surface area (Å²) < 4.78 is 1.37. The van der Waals surface area contributed by atoms with Crippen molar-refractivity contribution in [3.8, 4) is 0 Å². The van der Waals surface area contributed by atoms with Gasteiger partial charge in [-0.2, -0.15) is 0 Å². The molecule has 0 atom stereocenters. The number of hydrogen-bond acceptors (Lipinski definition) is 2. The number of benzene rings is 1. The number of aromatic carboxylic acids is 1. The van der Waals surface area contributed by atoms with Crippen molar-refractivity contribution >= 4 is 16.7 Å². The average Bonchev–Trinajstić information content (AvgIpc) is 2.23. The molecule has 1 heterocycles. The SMILES string of the molecule is Cn1ccc2cccc(C(=O)O)c2c1=O. The van der Waals surface area contributed by atoms with E-state index in [2.05, 4.69) is 0 Å². The Labute approximate surface area is 85.4 Å². The number of fused-ring (bicyclic) bond motifs is 1. The maximum absolute atomic E-state index is 11.8. The number of aromatic nitrogens is 1. The molecule has 76 valence electrons. The number of carboxylic acids is 1. The molecule has 0 saturated heterocycles. The number of aryl methyl sites for hydroxylation is 1. The number of rotatable bonds is 1. The number of nitrogens with zero attached hydrogens (tertiary/aromatic N) is 1. The van der Waals surface area contributed by atoms with E-state index in [9.17, 15) is 9.59 Å². The third kappa shape index (κ3) is 1.40. The molecule has 0 fully saturated rings. The predicted molar refractivity (Wildman–Crippen MR) is 56.1 cm³/mol. The minimum atomic E-state index is -1.08. The van der Waals surface area contributed by atoms with Gasteiger partial charge in [0, 0.05) is 13.2 Å². The molecular formula is C11H9NO3. The Morgan fingerprint density at radius 1 is 1.33 bits per heavy atom. The van der Waals surface area contributed by atoms with Gasteiger partial charge >= 0.3 is 5.97 Å². The van der Waals surface area contributed by atoms with Gasteiger partial charge in [0.25, 0.3) is 5.56 Å². The first-order valence-electron chi connectivity index (χ1n) is 4.43. The van der Waals surface area contributed by atoms with Crippen LogP contribution in [0.2, 0.25) is 0 Å². The highest BCUT2D eigenvalue weighted by atomic mass is 16.4. The topological polar surface area (TPSA) is 59.3 Å². The van der Waals surface area contributed by atoms with Crippen LogP contribution in [0.3, 0.4) is 0 Å². The van der Waals surface area contributed by atoms with Crippen molar-refractivity contribution in [1.82, 2.24) is 4.57 Å². The van der Waals surface area contributed by atoms with E-state index < -0.39 is 5.97 Å². The molecule has 1 aromatic heterocycles. The lowest BCUT2D eigenvalue weighted by Gasteiger charge is -2.03. The summed E-state index contributed by atoms with van der Waals surface area (Å²) in [5.74, 6) is -1.08. The van der Waals surface area contributed by atoms with Gasteiger partial charge in [-0.3, -0.25) is 4.79 Å². The van der Waals surface area contributed by atoms with E-state index in [4.69, 9.17) is 5.11 Å². The lowest BCUT2D eigenvalue weighted by Crippen LogP contribution is -2.18. The summed E-state index contributed by atoms with van der Waals surface area (Å²) in [6.07, 6.45) is 1.62. The fourth-order valence-corrected chi connectivity index (χ4v) is 1.56. The standard InChI is InChI=1S/C11H9NO3/c1-12-6-5-7-3-2-4-8(11(14)15)9(7)10(12)13/h2-6H,1H3,(H,14,15). The Bertz CT molecular complexity index is 598. The summed E-state index contributed by atoms with van der Waals surface area (Å²) >= 11 is 0. The highest BCUT2D eigenvalue weighted by molar-refractivity contribution is 6.03. The zero-order chi connectivity index (χ0) is 11.0. The number of pyridine rings is 1. The second-order valence-corrected chi connectivity index (χ2v) is 3.31. The van der Waals surface area contributed by atoms with Crippen molar-refractivity contribution in [1.29, 1.82) is 0 Å². The number of hydrogen-bond donors (Lipinski definition) is 1. The van der Waals surface area contributed by atoms with Gasteiger partial charge in [-0.15, -0.1) is 0 Å². The number of carboxylic acid groups (broad SMARTS) is 1. The molecule has 2 rings (SSSR count). The Kier molecular flexibility index (Phi) is 2.04. The van der Waals surface area contributed by atoms with Gasteiger partial charge in [0.15, 0.2) is 0 Å². The van der Waals surface area contributed by atoms with E-state index in [0.717, 1.165) is 0 Å². The molecule has 0 unspecified atom stereocenters. The van der Waals surface area contributed by atoms with Gasteiger partial charge < -0.3 is 9.67 Å². The van der Waals surface area contributed by atoms with Crippen molar-refractivity contribution in [3.63, 3.8) is 0 Å². The first-order chi connectivity index (χ1) is 7.11. The lowest BCUT2D eigenvalue weighted by atomic mass is 10.1. The van der Waals surface area contributed by atoms with Gasteiger partial charge in [0.1, 0.15) is 0 Å². The molecule has 4 nitrogen and oxygen atoms in total. The van der Waals surface area contributed by atoms with Gasteiger partial charge in [-0.1, -0.05) is 12.1 Å². The molecule has 0 amide bonds. The van der Waals surface area contributed by atoms with Crippen molar-refractivity contribution in [2.75, 3.05) is 0 Å². The third-order valence-electron chi connectivity index (χ3n) is 2.34. The van der Waals surface area contributed by atoms with Crippen molar-refractivity contribution in [2.24, 2.45) is 7.05 Å². The van der Waals surface area contributed by atoms with Crippen LogP contribution in [0.15, 0.2) is 35.3 Å². The molecule has 1 N–H and O–H groups in total. The fraction of sp³-hybridized carbons (Fsp3) is 0.0909. The maximum Gasteiger partial charge on any atom is 0.336 e. The summed E-state index contributed by atoms with van der Waals surface area (Å²) in [5.41, 5.74) is -0.237. The summed E-state index contributed by atoms with van der Waals surface area (Å²) in [6, 6.07) is 6.52. The van der Waals surface area contributed by atoms with E-state index in [1.54, 1.807) is 31.4 Å². The van der Waals surface area contributed by atoms with Crippen LogP contribution in [0.5, 0.6) is 0 Å². The normalized spacial score (nSPS) is 10.5. The molecule has 1 aromatic carbocycles. The Balaban J connectivity index is 3.01. The molecular weight excluding hydrogens is 194 g/mol. The second kappa shape index (κ2) is 3.24. The second-order valence-electron chi connectivity index (χ2n) is 3.31. The minimum absolute atomic E-state index is 0.0497. The van der Waals surface area contributed by atoms with Crippen molar-refractivity contribution in [3.05, 3.63) is 46.4 Å². The highest BCUT2D eigenvalue weighted by Crippen LogP contribution is 2.14. The molecule has 0 saturated carbocycles. The average molecular weight is 203 g/mol. The Morgan fingerprint density at radius 3 is 2.73 bits per heavy atom. The third-order valence-corrected chi connectivity index (χ3v) is 2.34. The molecule has 15 heavy (non-hydrogen) atoms. The molecule has 0 bridgehead atoms. The molecule has 2 aromatic rings. The summed E-state index contributed by atoms with van der Waals surface area (Å²) in [4.78, 5) is 22.7. The molecule has 0 radical (unpaired) electrons. The lowest BCUT2D eigenvalue weighted by molar-refractivity contribution is 0.0699. The minimum Gasteiger partial charge on any atom is -0.478 e. The van der Waals surface area contributed by atoms with Crippen LogP contribution < -0.4 is 5.56 Å². The van der Waals surface area contributed by atoms with Crippen LogP contribution >= 0.6 is 0 Å². The zero-order valence-corrected chi connectivity index (χ0v) is 8.10. The first kappa shape index (κ1) is 9.45. The van der Waals surface area contributed by atoms with E-state index >= 15 is 0 Å². The largest absolute Gasteiger partial charge is 0.478 e. The summed E-state index contributed by atoms with van der Waals surface area (Å²) in [5, 5.41) is 9.86.